The fourth-order valence-corrected chi connectivity index (χ4v) is 2.21. The van der Waals surface area contributed by atoms with Gasteiger partial charge in [0.25, 0.3) is 0 Å². The Morgan fingerprint density at radius 3 is 2.50 bits per heavy atom. The van der Waals surface area contributed by atoms with Gasteiger partial charge < -0.3 is 9.84 Å². The highest BCUT2D eigenvalue weighted by molar-refractivity contribution is 7.10. The molecule has 0 amide bonds. The Kier molecular flexibility index (Phi) is 3.79. The second-order valence-corrected chi connectivity index (χ2v) is 4.59. The van der Waals surface area contributed by atoms with Gasteiger partial charge in [-0.3, -0.25) is 0 Å². The predicted octanol–water partition coefficient (Wildman–Crippen LogP) is 3.38. The van der Waals surface area contributed by atoms with Crippen molar-refractivity contribution >= 4 is 29.0 Å². The lowest BCUT2D eigenvalue weighted by atomic mass is 10.1. The fraction of sp³-hybridized carbons (Fsp3) is 0.0714. The zero-order valence-electron chi connectivity index (χ0n) is 9.79. The van der Waals surface area contributed by atoms with E-state index in [9.17, 15) is 9.90 Å². The Morgan fingerprint density at radius 1 is 1.28 bits per heavy atom. The molecule has 4 heteroatoms. The highest BCUT2D eigenvalue weighted by Crippen LogP contribution is 2.23. The summed E-state index contributed by atoms with van der Waals surface area (Å²) in [5.41, 5.74) is 0.941. The summed E-state index contributed by atoms with van der Waals surface area (Å²) in [6, 6.07) is 10.8. The summed E-state index contributed by atoms with van der Waals surface area (Å²) in [6.45, 7) is 0. The molecule has 18 heavy (non-hydrogen) atoms. The summed E-state index contributed by atoms with van der Waals surface area (Å²) in [5.74, 6) is -0.229. The summed E-state index contributed by atoms with van der Waals surface area (Å²) in [4.78, 5) is 12.2. The van der Waals surface area contributed by atoms with Crippen molar-refractivity contribution < 1.29 is 14.6 Å². The maximum atomic E-state index is 11.3. The largest absolute Gasteiger partial charge is 0.497 e. The maximum Gasteiger partial charge on any atom is 0.336 e. The number of carboxylic acids is 1. The van der Waals surface area contributed by atoms with Crippen LogP contribution in [0.25, 0.3) is 11.6 Å². The normalized spacial score (nSPS) is 11.3. The van der Waals surface area contributed by atoms with Crippen LogP contribution in [0.5, 0.6) is 5.75 Å². The third-order valence-corrected chi connectivity index (χ3v) is 3.28. The van der Waals surface area contributed by atoms with E-state index < -0.39 is 5.97 Å². The molecular weight excluding hydrogens is 248 g/mol. The van der Waals surface area contributed by atoms with Crippen molar-refractivity contribution in [3.63, 3.8) is 0 Å². The van der Waals surface area contributed by atoms with E-state index in [0.717, 1.165) is 4.88 Å². The Balaban J connectivity index is 2.38. The average molecular weight is 260 g/mol. The molecule has 0 radical (unpaired) electrons. The van der Waals surface area contributed by atoms with Crippen molar-refractivity contribution in [2.45, 2.75) is 0 Å². The van der Waals surface area contributed by atoms with E-state index in [0.29, 0.717) is 11.3 Å². The molecule has 0 aliphatic rings. The van der Waals surface area contributed by atoms with Crippen LogP contribution >= 0.6 is 11.3 Å². The van der Waals surface area contributed by atoms with Crippen molar-refractivity contribution in [1.29, 1.82) is 0 Å². The molecule has 0 unspecified atom stereocenters. The second kappa shape index (κ2) is 5.51. The van der Waals surface area contributed by atoms with E-state index in [-0.39, 0.29) is 5.57 Å². The smallest absolute Gasteiger partial charge is 0.336 e. The molecule has 0 fully saturated rings. The first-order valence-corrected chi connectivity index (χ1v) is 6.21. The number of aliphatic carboxylic acids is 1. The molecule has 0 saturated carbocycles. The molecule has 0 atom stereocenters. The molecule has 2 aromatic rings. The molecule has 1 heterocycles. The van der Waals surface area contributed by atoms with Crippen molar-refractivity contribution in [3.8, 4) is 5.75 Å². The molecule has 0 aliphatic carbocycles. The van der Waals surface area contributed by atoms with Crippen molar-refractivity contribution in [2.75, 3.05) is 7.11 Å². The van der Waals surface area contributed by atoms with Gasteiger partial charge in [-0.05, 0) is 35.2 Å². The SMILES string of the molecule is COc1ccc(/C(=C\c2cccs2)C(=O)O)cc1. The third kappa shape index (κ3) is 2.78. The Labute approximate surface area is 109 Å². The number of rotatable bonds is 4. The van der Waals surface area contributed by atoms with Crippen molar-refractivity contribution in [2.24, 2.45) is 0 Å². The molecule has 1 aromatic heterocycles. The fourth-order valence-electron chi connectivity index (χ4n) is 1.55. The number of thiophene rings is 1. The van der Waals surface area contributed by atoms with Crippen LogP contribution in [-0.2, 0) is 4.79 Å². The summed E-state index contributed by atoms with van der Waals surface area (Å²) in [5, 5.41) is 11.2. The molecule has 1 N–H and O–H groups in total. The van der Waals surface area contributed by atoms with E-state index >= 15 is 0 Å². The summed E-state index contributed by atoms with van der Waals surface area (Å²) in [7, 11) is 1.58. The number of ether oxygens (including phenoxy) is 1. The van der Waals surface area contributed by atoms with E-state index in [1.54, 1.807) is 37.5 Å². The predicted molar refractivity (Wildman–Crippen MR) is 72.8 cm³/mol. The standard InChI is InChI=1S/C14H12O3S/c1-17-11-6-4-10(5-7-11)13(14(15)16)9-12-3-2-8-18-12/h2-9H,1H3,(H,15,16)/b13-9+. The summed E-state index contributed by atoms with van der Waals surface area (Å²) < 4.78 is 5.05. The lowest BCUT2D eigenvalue weighted by Crippen LogP contribution is -1.99. The second-order valence-electron chi connectivity index (χ2n) is 3.61. The van der Waals surface area contributed by atoms with Crippen LogP contribution in [-0.4, -0.2) is 18.2 Å². The molecule has 0 bridgehead atoms. The molecule has 0 saturated heterocycles. The van der Waals surface area contributed by atoms with E-state index in [2.05, 4.69) is 0 Å². The highest BCUT2D eigenvalue weighted by Gasteiger charge is 2.10. The number of carbonyl (C=O) groups is 1. The minimum Gasteiger partial charge on any atom is -0.497 e. The molecule has 1 aromatic carbocycles. The first-order valence-electron chi connectivity index (χ1n) is 5.33. The van der Waals surface area contributed by atoms with E-state index in [1.165, 1.54) is 11.3 Å². The number of methoxy groups -OCH3 is 1. The van der Waals surface area contributed by atoms with Gasteiger partial charge in [-0.25, -0.2) is 4.79 Å². The minimum absolute atomic E-state index is 0.278. The molecule has 0 spiro atoms. The maximum absolute atomic E-state index is 11.3. The van der Waals surface area contributed by atoms with E-state index in [1.807, 2.05) is 17.5 Å². The van der Waals surface area contributed by atoms with Gasteiger partial charge >= 0.3 is 5.97 Å². The minimum atomic E-state index is -0.937. The lowest BCUT2D eigenvalue weighted by molar-refractivity contribution is -0.130. The Morgan fingerprint density at radius 2 is 2.00 bits per heavy atom. The van der Waals surface area contributed by atoms with Crippen LogP contribution in [0.2, 0.25) is 0 Å². The van der Waals surface area contributed by atoms with Gasteiger partial charge in [-0.1, -0.05) is 18.2 Å². The summed E-state index contributed by atoms with van der Waals surface area (Å²) >= 11 is 1.51. The van der Waals surface area contributed by atoms with Crippen LogP contribution in [0, 0.1) is 0 Å². The van der Waals surface area contributed by atoms with Crippen LogP contribution in [0.3, 0.4) is 0 Å². The van der Waals surface area contributed by atoms with Gasteiger partial charge in [-0.15, -0.1) is 11.3 Å². The first kappa shape index (κ1) is 12.4. The zero-order valence-corrected chi connectivity index (χ0v) is 10.6. The van der Waals surface area contributed by atoms with Crippen LogP contribution in [0.4, 0.5) is 0 Å². The molecule has 0 aliphatic heterocycles. The van der Waals surface area contributed by atoms with Crippen molar-refractivity contribution in [1.82, 2.24) is 0 Å². The monoisotopic (exact) mass is 260 g/mol. The highest BCUT2D eigenvalue weighted by atomic mass is 32.1. The molecular formula is C14H12O3S. The zero-order chi connectivity index (χ0) is 13.0. The topological polar surface area (TPSA) is 46.5 Å². The van der Waals surface area contributed by atoms with Crippen molar-refractivity contribution in [3.05, 3.63) is 52.2 Å². The third-order valence-electron chi connectivity index (χ3n) is 2.46. The number of carboxylic acid groups (broad SMARTS) is 1. The van der Waals surface area contributed by atoms with Crippen LogP contribution in [0.15, 0.2) is 41.8 Å². The van der Waals surface area contributed by atoms with Gasteiger partial charge in [0.1, 0.15) is 5.75 Å². The van der Waals surface area contributed by atoms with Crippen LogP contribution < -0.4 is 4.74 Å². The van der Waals surface area contributed by atoms with Gasteiger partial charge in [-0.2, -0.15) is 0 Å². The van der Waals surface area contributed by atoms with E-state index in [4.69, 9.17) is 4.74 Å². The number of hydrogen-bond acceptors (Lipinski definition) is 3. The molecule has 2 rings (SSSR count). The number of benzene rings is 1. The van der Waals surface area contributed by atoms with Gasteiger partial charge in [0.15, 0.2) is 0 Å². The molecule has 3 nitrogen and oxygen atoms in total. The van der Waals surface area contributed by atoms with Crippen LogP contribution in [0.1, 0.15) is 10.4 Å². The average Bonchev–Trinajstić information content (AvgIpc) is 2.89. The number of hydrogen-bond donors (Lipinski definition) is 1. The summed E-state index contributed by atoms with van der Waals surface area (Å²) in [6.07, 6.45) is 1.68. The van der Waals surface area contributed by atoms with Gasteiger partial charge in [0, 0.05) is 4.88 Å². The van der Waals surface area contributed by atoms with Gasteiger partial charge in [0.2, 0.25) is 0 Å². The lowest BCUT2D eigenvalue weighted by Gasteiger charge is -2.04. The Hall–Kier alpha value is -2.07. The quantitative estimate of drug-likeness (QED) is 0.857. The first-order chi connectivity index (χ1) is 8.70. The molecule has 92 valence electrons. The van der Waals surface area contributed by atoms with Gasteiger partial charge in [0.05, 0.1) is 12.7 Å². The Bertz CT molecular complexity index is 553.